The third-order valence-electron chi connectivity index (χ3n) is 6.06. The summed E-state index contributed by atoms with van der Waals surface area (Å²) in [5, 5.41) is 5.80. The van der Waals surface area contributed by atoms with Crippen LogP contribution in [0.3, 0.4) is 0 Å². The first-order valence-electron chi connectivity index (χ1n) is 10.4. The van der Waals surface area contributed by atoms with Crippen molar-refractivity contribution in [2.75, 3.05) is 5.32 Å². The highest BCUT2D eigenvalue weighted by Crippen LogP contribution is 2.57. The van der Waals surface area contributed by atoms with Gasteiger partial charge in [-0.2, -0.15) is 0 Å². The standard InChI is InChI=1S/C28H17NO2/c1-2-7-17(8-3-1)19-14-15-23-27-26(19)30-24-16-13-18-9-6-11-21(25(18)28(24)31-27)20-10-4-5-12-22(20)29-23/h1-16,29H. The minimum atomic E-state index is 0.716. The molecule has 0 aromatic heterocycles. The van der Waals surface area contributed by atoms with Gasteiger partial charge in [-0.25, -0.2) is 0 Å². The number of para-hydroxylation sites is 1. The van der Waals surface area contributed by atoms with Gasteiger partial charge in [0.2, 0.25) is 0 Å². The summed E-state index contributed by atoms with van der Waals surface area (Å²) in [7, 11) is 0. The monoisotopic (exact) mass is 399 g/mol. The second-order valence-corrected chi connectivity index (χ2v) is 7.86. The molecule has 0 unspecified atom stereocenters. The SMILES string of the molecule is c1ccc(-c2ccc3c4c2Oc2ccc5cccc(c5c2O4)-c2ccccc2N3)cc1. The maximum atomic E-state index is 6.64. The van der Waals surface area contributed by atoms with Crippen molar-refractivity contribution >= 4 is 22.1 Å². The number of anilines is 2. The Morgan fingerprint density at radius 1 is 0.484 bits per heavy atom. The Morgan fingerprint density at radius 2 is 1.32 bits per heavy atom. The van der Waals surface area contributed by atoms with Crippen LogP contribution in [0.15, 0.2) is 97.1 Å². The topological polar surface area (TPSA) is 30.5 Å². The smallest absolute Gasteiger partial charge is 0.194 e. The second-order valence-electron chi connectivity index (χ2n) is 7.86. The van der Waals surface area contributed by atoms with Gasteiger partial charge in [-0.3, -0.25) is 0 Å². The van der Waals surface area contributed by atoms with Crippen LogP contribution in [0.1, 0.15) is 0 Å². The van der Waals surface area contributed by atoms with Gasteiger partial charge in [0.25, 0.3) is 0 Å². The Morgan fingerprint density at radius 3 is 2.26 bits per heavy atom. The van der Waals surface area contributed by atoms with Crippen LogP contribution in [0.2, 0.25) is 0 Å². The number of ether oxygens (including phenoxy) is 2. The third kappa shape index (κ3) is 2.34. The van der Waals surface area contributed by atoms with Gasteiger partial charge in [0.15, 0.2) is 23.0 Å². The lowest BCUT2D eigenvalue weighted by Crippen LogP contribution is -2.03. The molecule has 2 aliphatic heterocycles. The quantitative estimate of drug-likeness (QED) is 0.302. The summed E-state index contributed by atoms with van der Waals surface area (Å²) in [6.45, 7) is 0. The first-order chi connectivity index (χ1) is 15.4. The Bertz CT molecular complexity index is 1510. The maximum Gasteiger partial charge on any atom is 0.194 e. The molecule has 3 heteroatoms. The largest absolute Gasteiger partial charge is 0.449 e. The van der Waals surface area contributed by atoms with Crippen LogP contribution >= 0.6 is 0 Å². The Labute approximate surface area is 179 Å². The van der Waals surface area contributed by atoms with E-state index in [4.69, 9.17) is 9.47 Å². The van der Waals surface area contributed by atoms with E-state index < -0.39 is 0 Å². The lowest BCUT2D eigenvalue weighted by molar-refractivity contribution is 0.366. The highest BCUT2D eigenvalue weighted by molar-refractivity contribution is 6.06. The Balaban J connectivity index is 1.60. The molecule has 0 saturated heterocycles. The van der Waals surface area contributed by atoms with Gasteiger partial charge in [0.05, 0.1) is 5.69 Å². The minimum Gasteiger partial charge on any atom is -0.449 e. The number of nitrogens with one attached hydrogen (secondary N) is 1. The van der Waals surface area contributed by atoms with Crippen LogP contribution < -0.4 is 14.8 Å². The molecule has 0 aliphatic carbocycles. The van der Waals surface area contributed by atoms with Gasteiger partial charge in [-0.05, 0) is 40.8 Å². The predicted octanol–water partition coefficient (Wildman–Crippen LogP) is 8.13. The van der Waals surface area contributed by atoms with Crippen molar-refractivity contribution in [3.8, 4) is 45.3 Å². The van der Waals surface area contributed by atoms with E-state index >= 15 is 0 Å². The van der Waals surface area contributed by atoms with E-state index in [2.05, 4.69) is 78.1 Å². The number of fused-ring (bicyclic) bond motifs is 2. The molecular formula is C28H17NO2. The first kappa shape index (κ1) is 16.5. The lowest BCUT2D eigenvalue weighted by Gasteiger charge is -2.26. The van der Waals surface area contributed by atoms with E-state index in [0.717, 1.165) is 61.6 Å². The Hall–Kier alpha value is -4.24. The molecule has 1 N–H and O–H groups in total. The van der Waals surface area contributed by atoms with Crippen molar-refractivity contribution in [3.63, 3.8) is 0 Å². The van der Waals surface area contributed by atoms with Crippen LogP contribution in [0, 0.1) is 0 Å². The summed E-state index contributed by atoms with van der Waals surface area (Å²) < 4.78 is 13.2. The van der Waals surface area contributed by atoms with Gasteiger partial charge >= 0.3 is 0 Å². The molecule has 2 aliphatic rings. The fourth-order valence-corrected chi connectivity index (χ4v) is 4.63. The molecular weight excluding hydrogens is 382 g/mol. The number of hydrogen-bond donors (Lipinski definition) is 1. The molecule has 5 aromatic rings. The predicted molar refractivity (Wildman–Crippen MR) is 125 cm³/mol. The maximum absolute atomic E-state index is 6.64. The number of benzene rings is 5. The zero-order valence-corrected chi connectivity index (χ0v) is 16.6. The summed E-state index contributed by atoms with van der Waals surface area (Å²) in [4.78, 5) is 0. The van der Waals surface area contributed by atoms with Gasteiger partial charge in [-0.15, -0.1) is 0 Å². The van der Waals surface area contributed by atoms with Gasteiger partial charge < -0.3 is 14.8 Å². The average Bonchev–Trinajstić information content (AvgIpc) is 2.88. The molecule has 0 saturated carbocycles. The fourth-order valence-electron chi connectivity index (χ4n) is 4.63. The van der Waals surface area contributed by atoms with Crippen LogP contribution in [0.5, 0.6) is 23.0 Å². The van der Waals surface area contributed by atoms with Crippen LogP contribution in [-0.2, 0) is 0 Å². The number of hydrogen-bond acceptors (Lipinski definition) is 3. The number of rotatable bonds is 1. The van der Waals surface area contributed by atoms with Crippen molar-refractivity contribution in [2.45, 2.75) is 0 Å². The van der Waals surface area contributed by atoms with E-state index in [1.54, 1.807) is 0 Å². The van der Waals surface area contributed by atoms with Crippen molar-refractivity contribution in [2.24, 2.45) is 0 Å². The van der Waals surface area contributed by atoms with Crippen LogP contribution in [-0.4, -0.2) is 0 Å². The van der Waals surface area contributed by atoms with Crippen molar-refractivity contribution in [1.82, 2.24) is 0 Å². The summed E-state index contributed by atoms with van der Waals surface area (Å²) in [6.07, 6.45) is 0. The van der Waals surface area contributed by atoms with E-state index in [1.165, 1.54) is 0 Å². The second kappa shape index (κ2) is 6.13. The van der Waals surface area contributed by atoms with Crippen molar-refractivity contribution < 1.29 is 9.47 Å². The lowest BCUT2D eigenvalue weighted by atomic mass is 9.96. The molecule has 2 bridgehead atoms. The molecule has 31 heavy (non-hydrogen) atoms. The molecule has 0 fully saturated rings. The van der Waals surface area contributed by atoms with Crippen molar-refractivity contribution in [1.29, 1.82) is 0 Å². The van der Waals surface area contributed by atoms with E-state index in [1.807, 2.05) is 24.3 Å². The molecule has 5 aromatic carbocycles. The first-order valence-corrected chi connectivity index (χ1v) is 10.4. The van der Waals surface area contributed by atoms with E-state index in [0.29, 0.717) is 5.75 Å². The summed E-state index contributed by atoms with van der Waals surface area (Å²) in [6, 6.07) is 33.3. The third-order valence-corrected chi connectivity index (χ3v) is 6.06. The molecule has 0 spiro atoms. The zero-order valence-electron chi connectivity index (χ0n) is 16.6. The summed E-state index contributed by atoms with van der Waals surface area (Å²) in [5.74, 6) is 2.96. The van der Waals surface area contributed by atoms with Gasteiger partial charge in [0.1, 0.15) is 0 Å². The fraction of sp³-hybridized carbons (Fsp3) is 0. The highest BCUT2D eigenvalue weighted by Gasteiger charge is 2.29. The summed E-state index contributed by atoms with van der Waals surface area (Å²) >= 11 is 0. The van der Waals surface area contributed by atoms with Gasteiger partial charge in [-0.1, -0.05) is 72.8 Å². The van der Waals surface area contributed by atoms with Crippen LogP contribution in [0.4, 0.5) is 11.4 Å². The molecule has 2 heterocycles. The summed E-state index contributed by atoms with van der Waals surface area (Å²) in [5.41, 5.74) is 6.29. The normalized spacial score (nSPS) is 12.6. The molecule has 7 rings (SSSR count). The Kier molecular flexibility index (Phi) is 3.27. The van der Waals surface area contributed by atoms with Gasteiger partial charge in [0, 0.05) is 22.2 Å². The van der Waals surface area contributed by atoms with Crippen LogP contribution in [0.25, 0.3) is 33.0 Å². The molecule has 3 nitrogen and oxygen atoms in total. The van der Waals surface area contributed by atoms with E-state index in [-0.39, 0.29) is 0 Å². The molecule has 0 radical (unpaired) electrons. The van der Waals surface area contributed by atoms with E-state index in [9.17, 15) is 0 Å². The molecule has 0 amide bonds. The average molecular weight is 399 g/mol. The van der Waals surface area contributed by atoms with Crippen molar-refractivity contribution in [3.05, 3.63) is 97.1 Å². The zero-order chi connectivity index (χ0) is 20.4. The molecule has 0 atom stereocenters. The minimum absolute atomic E-state index is 0.716. The molecule has 146 valence electrons. The highest BCUT2D eigenvalue weighted by atomic mass is 16.6.